The first-order chi connectivity index (χ1) is 18.1. The van der Waals surface area contributed by atoms with Crippen molar-refractivity contribution in [2.24, 2.45) is 0 Å². The van der Waals surface area contributed by atoms with E-state index in [1.54, 1.807) is 0 Å². The molecule has 0 saturated carbocycles. The van der Waals surface area contributed by atoms with Crippen LogP contribution in [0.4, 0.5) is 0 Å². The Kier molecular flexibility index (Phi) is 14.3. The van der Waals surface area contributed by atoms with E-state index in [0.717, 1.165) is 32.1 Å². The quantitative estimate of drug-likeness (QED) is 0.106. The number of carboxylic acids is 1. The lowest BCUT2D eigenvalue weighted by atomic mass is 9.95. The van der Waals surface area contributed by atoms with E-state index < -0.39 is 93.0 Å². The molecular weight excluding hydrogens is 510 g/mol. The molecule has 2 fully saturated rings. The highest BCUT2D eigenvalue weighted by atomic mass is 16.7. The molecule has 10 atom stereocenters. The number of carbonyl (C=O) groups is 2. The van der Waals surface area contributed by atoms with Crippen LogP contribution in [-0.2, 0) is 33.3 Å². The Morgan fingerprint density at radius 1 is 0.816 bits per heavy atom. The maximum Gasteiger partial charge on any atom is 0.329 e. The van der Waals surface area contributed by atoms with Gasteiger partial charge in [-0.25, -0.2) is 4.79 Å². The standard InChI is InChI=1S/C24H43NO13/c1-3-4-5-6-7-8-9-34-23-17(25-13(2)28)21(19(32)15(11-27)36-23)38-24-22(35-12-16(29)30)20(33)18(31)14(10-26)37-24/h14-15,17-24,26-27,31-33H,3-12H2,1-2H3,(H,25,28)(H,29,30)/t14-,15-,17-,18+,19-,20+,21-,22-,23-,24+/m1/s1. The van der Waals surface area contributed by atoms with Gasteiger partial charge in [0.25, 0.3) is 0 Å². The van der Waals surface area contributed by atoms with E-state index in [1.807, 2.05) is 0 Å². The third kappa shape index (κ3) is 9.33. The third-order valence-electron chi connectivity index (χ3n) is 6.52. The molecule has 0 aromatic rings. The van der Waals surface area contributed by atoms with E-state index in [0.29, 0.717) is 6.42 Å². The molecule has 14 nitrogen and oxygen atoms in total. The maximum atomic E-state index is 12.0. The van der Waals surface area contributed by atoms with Crippen LogP contribution >= 0.6 is 0 Å². The highest BCUT2D eigenvalue weighted by Gasteiger charge is 2.52. The molecule has 2 aliphatic heterocycles. The molecule has 2 saturated heterocycles. The first-order valence-electron chi connectivity index (χ1n) is 13.1. The number of hydrogen-bond acceptors (Lipinski definition) is 12. The molecule has 2 rings (SSSR count). The number of ether oxygens (including phenoxy) is 5. The number of aliphatic carboxylic acids is 1. The molecule has 2 aliphatic rings. The van der Waals surface area contributed by atoms with E-state index in [1.165, 1.54) is 6.92 Å². The van der Waals surface area contributed by atoms with Crippen molar-refractivity contribution in [2.45, 2.75) is 114 Å². The van der Waals surface area contributed by atoms with Gasteiger partial charge < -0.3 is 59.6 Å². The molecular formula is C24H43NO13. The molecule has 0 aromatic heterocycles. The monoisotopic (exact) mass is 553 g/mol. The van der Waals surface area contributed by atoms with Gasteiger partial charge in [0.05, 0.1) is 13.2 Å². The minimum atomic E-state index is -1.71. The first kappa shape index (κ1) is 32.8. The van der Waals surface area contributed by atoms with Crippen LogP contribution in [-0.4, -0.2) is 130 Å². The zero-order chi connectivity index (χ0) is 28.2. The second-order valence-electron chi connectivity index (χ2n) is 9.56. The second kappa shape index (κ2) is 16.6. The van der Waals surface area contributed by atoms with Crippen molar-refractivity contribution < 1.29 is 63.9 Å². The smallest absolute Gasteiger partial charge is 0.329 e. The summed E-state index contributed by atoms with van der Waals surface area (Å²) in [6, 6.07) is -1.11. The Bertz CT molecular complexity index is 713. The molecule has 0 spiro atoms. The number of amides is 1. The highest BCUT2D eigenvalue weighted by molar-refractivity contribution is 5.73. The molecule has 0 aromatic carbocycles. The number of aliphatic hydroxyl groups excluding tert-OH is 5. The molecule has 14 heteroatoms. The van der Waals surface area contributed by atoms with E-state index in [4.69, 9.17) is 28.8 Å². The SMILES string of the molecule is CCCCCCCCO[C@@H]1O[C@H](CO)[C@@H](O)[C@H](O[C@@H]2O[C@H](CO)[C@H](O)[C@H](O)[C@H]2OCC(=O)O)[C@H]1NC(C)=O. The van der Waals surface area contributed by atoms with Crippen LogP contribution in [0.3, 0.4) is 0 Å². The highest BCUT2D eigenvalue weighted by Crippen LogP contribution is 2.31. The predicted octanol–water partition coefficient (Wildman–Crippen LogP) is -1.76. The van der Waals surface area contributed by atoms with E-state index in [2.05, 4.69) is 12.2 Å². The fourth-order valence-electron chi connectivity index (χ4n) is 4.51. The summed E-state index contributed by atoms with van der Waals surface area (Å²) in [7, 11) is 0. The van der Waals surface area contributed by atoms with Crippen molar-refractivity contribution in [1.29, 1.82) is 0 Å². The van der Waals surface area contributed by atoms with Crippen LogP contribution in [0.15, 0.2) is 0 Å². The summed E-state index contributed by atoms with van der Waals surface area (Å²) in [6.45, 7) is 1.45. The zero-order valence-corrected chi connectivity index (χ0v) is 21.9. The Morgan fingerprint density at radius 3 is 2.03 bits per heavy atom. The number of hydrogen-bond donors (Lipinski definition) is 7. The topological polar surface area (TPSA) is 214 Å². The summed E-state index contributed by atoms with van der Waals surface area (Å²) in [5, 5.41) is 62.7. The summed E-state index contributed by atoms with van der Waals surface area (Å²) in [5.41, 5.74) is 0. The minimum absolute atomic E-state index is 0.273. The van der Waals surface area contributed by atoms with Gasteiger partial charge in [-0.15, -0.1) is 0 Å². The molecule has 2 heterocycles. The van der Waals surface area contributed by atoms with Crippen LogP contribution in [0.1, 0.15) is 52.4 Å². The van der Waals surface area contributed by atoms with Crippen molar-refractivity contribution in [2.75, 3.05) is 26.4 Å². The van der Waals surface area contributed by atoms with E-state index in [9.17, 15) is 35.1 Å². The van der Waals surface area contributed by atoms with Gasteiger partial charge >= 0.3 is 5.97 Å². The van der Waals surface area contributed by atoms with E-state index >= 15 is 0 Å². The van der Waals surface area contributed by atoms with Gasteiger partial charge in [0.15, 0.2) is 12.6 Å². The van der Waals surface area contributed by atoms with Crippen molar-refractivity contribution in [3.05, 3.63) is 0 Å². The summed E-state index contributed by atoms with van der Waals surface area (Å²) in [4.78, 5) is 23.1. The fourth-order valence-corrected chi connectivity index (χ4v) is 4.51. The summed E-state index contributed by atoms with van der Waals surface area (Å²) in [6.07, 6.45) is -6.89. The molecule has 0 bridgehead atoms. The molecule has 38 heavy (non-hydrogen) atoms. The Labute approximate surface area is 221 Å². The molecule has 222 valence electrons. The van der Waals surface area contributed by atoms with Crippen molar-refractivity contribution in [3.8, 4) is 0 Å². The first-order valence-corrected chi connectivity index (χ1v) is 13.1. The number of nitrogens with one attached hydrogen (secondary N) is 1. The second-order valence-corrected chi connectivity index (χ2v) is 9.56. The lowest BCUT2D eigenvalue weighted by molar-refractivity contribution is -0.349. The molecule has 1 amide bonds. The maximum absolute atomic E-state index is 12.0. The summed E-state index contributed by atoms with van der Waals surface area (Å²) < 4.78 is 28.3. The van der Waals surface area contributed by atoms with Gasteiger partial charge in [0.1, 0.15) is 55.4 Å². The molecule has 0 aliphatic carbocycles. The Morgan fingerprint density at radius 2 is 1.42 bits per heavy atom. The van der Waals surface area contributed by atoms with Gasteiger partial charge in [-0.1, -0.05) is 39.0 Å². The number of aliphatic hydroxyl groups is 5. The number of unbranched alkanes of at least 4 members (excludes halogenated alkanes) is 5. The lowest BCUT2D eigenvalue weighted by Crippen LogP contribution is -2.68. The van der Waals surface area contributed by atoms with Crippen molar-refractivity contribution >= 4 is 11.9 Å². The van der Waals surface area contributed by atoms with Crippen LogP contribution in [0.2, 0.25) is 0 Å². The average molecular weight is 554 g/mol. The molecule has 7 N–H and O–H groups in total. The number of carboxylic acid groups (broad SMARTS) is 1. The number of carbonyl (C=O) groups excluding carboxylic acids is 1. The lowest BCUT2D eigenvalue weighted by Gasteiger charge is -2.48. The Hall–Kier alpha value is -1.46. The molecule has 0 unspecified atom stereocenters. The average Bonchev–Trinajstić information content (AvgIpc) is 2.87. The number of rotatable bonds is 16. The van der Waals surface area contributed by atoms with Crippen LogP contribution < -0.4 is 5.32 Å². The van der Waals surface area contributed by atoms with Crippen molar-refractivity contribution in [1.82, 2.24) is 5.32 Å². The van der Waals surface area contributed by atoms with Gasteiger partial charge in [-0.05, 0) is 6.42 Å². The normalized spacial score (nSPS) is 35.7. The van der Waals surface area contributed by atoms with Gasteiger partial charge in [0.2, 0.25) is 5.91 Å². The van der Waals surface area contributed by atoms with Crippen molar-refractivity contribution in [3.63, 3.8) is 0 Å². The molecule has 0 radical (unpaired) electrons. The Balaban J connectivity index is 2.22. The third-order valence-corrected chi connectivity index (χ3v) is 6.52. The zero-order valence-electron chi connectivity index (χ0n) is 21.9. The largest absolute Gasteiger partial charge is 0.480 e. The fraction of sp³-hybridized carbons (Fsp3) is 0.917. The van der Waals surface area contributed by atoms with Crippen LogP contribution in [0, 0.1) is 0 Å². The van der Waals surface area contributed by atoms with Gasteiger partial charge in [0, 0.05) is 13.5 Å². The van der Waals surface area contributed by atoms with Gasteiger partial charge in [-0.2, -0.15) is 0 Å². The summed E-state index contributed by atoms with van der Waals surface area (Å²) in [5.74, 6) is -1.86. The summed E-state index contributed by atoms with van der Waals surface area (Å²) >= 11 is 0. The van der Waals surface area contributed by atoms with E-state index in [-0.39, 0.29) is 6.61 Å². The van der Waals surface area contributed by atoms with Gasteiger partial charge in [-0.3, -0.25) is 4.79 Å². The van der Waals surface area contributed by atoms with Crippen LogP contribution in [0.25, 0.3) is 0 Å². The predicted molar refractivity (Wildman–Crippen MR) is 129 cm³/mol. The van der Waals surface area contributed by atoms with Crippen LogP contribution in [0.5, 0.6) is 0 Å². The minimum Gasteiger partial charge on any atom is -0.480 e.